The molecular weight excluding hydrogens is 1020 g/mol. The summed E-state index contributed by atoms with van der Waals surface area (Å²) in [7, 11) is 0. The molecule has 0 spiro atoms. The second-order valence-corrected chi connectivity index (χ2v) is 21.7. The molecule has 3 unspecified atom stereocenters. The molecule has 4 rings (SSSR count). The van der Waals surface area contributed by atoms with E-state index in [2.05, 4.69) is 52.7 Å². The van der Waals surface area contributed by atoms with E-state index in [1.807, 2.05) is 0 Å². The van der Waals surface area contributed by atoms with Gasteiger partial charge in [0.05, 0.1) is 36.4 Å². The Hall–Kier alpha value is -5.09. The van der Waals surface area contributed by atoms with E-state index in [1.54, 1.807) is 0 Å². The Balaban J connectivity index is 1.72. The fraction of sp³-hybridized carbons (Fsp3) is 0.755. The van der Waals surface area contributed by atoms with Gasteiger partial charge in [-0.15, -0.1) is 0 Å². The van der Waals surface area contributed by atoms with Gasteiger partial charge < -0.3 is 88.7 Å². The molecule has 1 aromatic rings. The lowest BCUT2D eigenvalue weighted by molar-refractivity contribution is -0.149. The van der Waals surface area contributed by atoms with Crippen LogP contribution in [0, 0.1) is 17.8 Å². The number of unbranched alkanes of at least 4 members (excludes halogenated alkanes) is 5. The number of phenolic OH excluding ortho intramolecular Hbond substituents is 1. The van der Waals surface area contributed by atoms with Crippen molar-refractivity contribution in [3.8, 4) is 5.75 Å². The average Bonchev–Trinajstić information content (AvgIpc) is 3.82. The molecule has 78 heavy (non-hydrogen) atoms. The van der Waals surface area contributed by atoms with Crippen LogP contribution >= 0.6 is 0 Å². The van der Waals surface area contributed by atoms with Crippen LogP contribution in [0.5, 0.6) is 5.75 Å². The maximum atomic E-state index is 14.5. The topological polar surface area (TPSA) is 412 Å². The maximum Gasteiger partial charge on any atom is 0.248 e. The monoisotopic (exact) mass is 1110 g/mol. The lowest BCUT2D eigenvalue weighted by atomic mass is 9.91. The summed E-state index contributed by atoms with van der Waals surface area (Å²) in [4.78, 5) is 102. The van der Waals surface area contributed by atoms with Gasteiger partial charge in [-0.3, -0.25) is 38.9 Å². The van der Waals surface area contributed by atoms with Crippen LogP contribution in [0.4, 0.5) is 0 Å². The number of hydrogen-bond donors (Lipinski definition) is 16. The number of nitrogens with one attached hydrogen (secondary N) is 6. The van der Waals surface area contributed by atoms with E-state index in [0.717, 1.165) is 61.7 Å². The van der Waals surface area contributed by atoms with Gasteiger partial charge in [0.25, 0.3) is 0 Å². The van der Waals surface area contributed by atoms with E-state index in [-0.39, 0.29) is 56.8 Å². The number of hydrogen-bond acceptors (Lipinski definition) is 18. The molecule has 7 amide bonds. The van der Waals surface area contributed by atoms with Crippen molar-refractivity contribution in [3.63, 3.8) is 0 Å². The largest absolute Gasteiger partial charge is 0.508 e. The van der Waals surface area contributed by atoms with Gasteiger partial charge >= 0.3 is 0 Å². The molecule has 25 nitrogen and oxygen atoms in total. The quantitative estimate of drug-likeness (QED) is 0.0484. The molecule has 3 saturated heterocycles. The number of fused-ring (bicyclic) bond motifs is 3. The lowest BCUT2D eigenvalue weighted by Crippen LogP contribution is -2.65. The Morgan fingerprint density at radius 1 is 0.718 bits per heavy atom. The highest BCUT2D eigenvalue weighted by Crippen LogP contribution is 2.26. The minimum atomic E-state index is -2.25. The minimum Gasteiger partial charge on any atom is -0.508 e. The normalized spacial score (nSPS) is 28.6. The Morgan fingerprint density at radius 2 is 1.36 bits per heavy atom. The van der Waals surface area contributed by atoms with Crippen LogP contribution in [-0.2, 0) is 33.6 Å². The summed E-state index contributed by atoms with van der Waals surface area (Å²) in [5.74, 6) is -7.42. The molecule has 18 N–H and O–H groups in total. The van der Waals surface area contributed by atoms with E-state index in [0.29, 0.717) is 18.3 Å². The zero-order valence-corrected chi connectivity index (χ0v) is 45.7. The van der Waals surface area contributed by atoms with Crippen LogP contribution in [0.15, 0.2) is 24.3 Å². The van der Waals surface area contributed by atoms with Crippen molar-refractivity contribution in [2.75, 3.05) is 39.3 Å². The fourth-order valence-electron chi connectivity index (χ4n) is 10.3. The summed E-state index contributed by atoms with van der Waals surface area (Å²) in [6.07, 6.45) is -6.37. The van der Waals surface area contributed by atoms with Crippen LogP contribution in [0.25, 0.3) is 0 Å². The van der Waals surface area contributed by atoms with Gasteiger partial charge in [0.1, 0.15) is 54.3 Å². The summed E-state index contributed by atoms with van der Waals surface area (Å²) >= 11 is 0. The average molecular weight is 1110 g/mol. The second-order valence-electron chi connectivity index (χ2n) is 21.7. The zero-order chi connectivity index (χ0) is 57.8. The molecule has 3 fully saturated rings. The fourth-order valence-corrected chi connectivity index (χ4v) is 10.3. The second kappa shape index (κ2) is 32.2. The molecule has 0 aromatic heterocycles. The van der Waals surface area contributed by atoms with E-state index in [9.17, 15) is 74.4 Å². The molecule has 2 bridgehead atoms. The number of carbonyl (C=O) groups is 7. The summed E-state index contributed by atoms with van der Waals surface area (Å²) in [5, 5.41) is 105. The predicted molar refractivity (Wildman–Crippen MR) is 285 cm³/mol. The number of phenols is 1. The van der Waals surface area contributed by atoms with Crippen LogP contribution in [-0.4, -0.2) is 204 Å². The van der Waals surface area contributed by atoms with Gasteiger partial charge in [-0.1, -0.05) is 77.8 Å². The van der Waals surface area contributed by atoms with E-state index in [4.69, 9.17) is 11.5 Å². The smallest absolute Gasteiger partial charge is 0.248 e. The molecule has 0 aliphatic carbocycles. The highest BCUT2D eigenvalue weighted by molar-refractivity contribution is 5.97. The van der Waals surface area contributed by atoms with Crippen LogP contribution in [0.1, 0.15) is 129 Å². The molecular formula is C53H90N10O15. The summed E-state index contributed by atoms with van der Waals surface area (Å²) in [5.41, 5.74) is 11.5. The Bertz CT molecular complexity index is 2090. The Morgan fingerprint density at radius 3 is 2.00 bits per heavy atom. The number of amides is 7. The van der Waals surface area contributed by atoms with Crippen molar-refractivity contribution in [1.82, 2.24) is 41.7 Å². The van der Waals surface area contributed by atoms with Crippen molar-refractivity contribution in [2.45, 2.75) is 197 Å². The Kier molecular flexibility index (Phi) is 27.0. The van der Waals surface area contributed by atoms with E-state index >= 15 is 0 Å². The number of aliphatic hydroxyl groups excluding tert-OH is 7. The predicted octanol–water partition coefficient (Wildman–Crippen LogP) is -3.06. The van der Waals surface area contributed by atoms with Crippen molar-refractivity contribution in [1.29, 1.82) is 0 Å². The maximum absolute atomic E-state index is 14.5. The summed E-state index contributed by atoms with van der Waals surface area (Å²) in [6.45, 7) is 6.47. The molecule has 16 atom stereocenters. The molecule has 442 valence electrons. The minimum absolute atomic E-state index is 0.000281. The van der Waals surface area contributed by atoms with Crippen molar-refractivity contribution in [3.05, 3.63) is 29.8 Å². The van der Waals surface area contributed by atoms with Gasteiger partial charge in [0.2, 0.25) is 41.4 Å². The van der Waals surface area contributed by atoms with Gasteiger partial charge in [-0.2, -0.15) is 0 Å². The van der Waals surface area contributed by atoms with Crippen LogP contribution < -0.4 is 43.4 Å². The first kappa shape index (κ1) is 65.4. The van der Waals surface area contributed by atoms with E-state index < -0.39 is 152 Å². The number of rotatable bonds is 23. The molecule has 25 heteroatoms. The number of aromatic hydroxyl groups is 1. The van der Waals surface area contributed by atoms with Crippen LogP contribution in [0.2, 0.25) is 0 Å². The first-order valence-electron chi connectivity index (χ1n) is 27.8. The first-order chi connectivity index (χ1) is 37.0. The number of nitrogens with two attached hydrogens (primary N) is 2. The number of nitrogens with zero attached hydrogens (tertiary/aromatic N) is 2. The van der Waals surface area contributed by atoms with E-state index in [1.165, 1.54) is 30.7 Å². The molecule has 3 aliphatic rings. The number of carbonyl (C=O) groups excluding carboxylic acids is 7. The van der Waals surface area contributed by atoms with Crippen molar-refractivity contribution in [2.24, 2.45) is 29.2 Å². The van der Waals surface area contributed by atoms with Crippen molar-refractivity contribution < 1.29 is 74.4 Å². The van der Waals surface area contributed by atoms with Gasteiger partial charge in [0.15, 0.2) is 0 Å². The van der Waals surface area contributed by atoms with Gasteiger partial charge in [-0.25, -0.2) is 0 Å². The highest BCUT2D eigenvalue weighted by atomic mass is 16.3. The van der Waals surface area contributed by atoms with Gasteiger partial charge in [0, 0.05) is 52.0 Å². The molecule has 3 aliphatic heterocycles. The summed E-state index contributed by atoms with van der Waals surface area (Å²) < 4.78 is 0. The Labute approximate surface area is 457 Å². The molecule has 0 radical (unpaired) electrons. The first-order valence-corrected chi connectivity index (χ1v) is 27.8. The molecule has 1 aromatic carbocycles. The number of aliphatic hydroxyl groups is 7. The molecule has 3 heterocycles. The van der Waals surface area contributed by atoms with Gasteiger partial charge in [-0.05, 0) is 68.7 Å². The lowest BCUT2D eigenvalue weighted by Gasteiger charge is -2.39. The SMILES string of the molecule is CCC(C)CC(C)CCCCCCCCC(=O)N[C@H]1C[C@@H](O)[C@@H](NCCN)NC(=O)C2CN(CC[C@@H]2O)C(=O)[C@H]([C@H](O)CCN)NC(=O)[C@H]([C@H](O)[C@@H](O)c2ccc(O)cc2)NC(=O)[C@@H]2C[C@@H](O)CN2C(=O)[C@H]([C@@H](C)O)NC1=O. The molecule has 0 saturated carbocycles. The third-order valence-corrected chi connectivity index (χ3v) is 15.2. The third-order valence-electron chi connectivity index (χ3n) is 15.2. The standard InChI is InChI=1S/C53H90N10O15/c1-5-29(2)24-30(3)12-10-8-6-7-9-11-13-41(70)57-36-26-40(69)47(56-22-21-55)61-48(73)35-28-62(23-19-38(35)67)52(77)43(39(68)18-20-54)59-51(76)44(46(72)45(71)32-14-16-33(65)17-15-32)60-50(75)37-25-34(66)27-63(37)53(78)42(31(4)64)58-49(36)74/h14-17,29-31,34-40,42-47,56,64-69,71-72H,5-13,18-28,54-55H2,1-4H3,(H,57,70)(H,58,74)(H,59,76)(H,60,75)(H,61,73)/t29?,30?,31-,34-,35?,36+,37+,38+,39-,40-,42+,43+,44+,45+,46+,47+/m1/s1. The highest BCUT2D eigenvalue weighted by Gasteiger charge is 2.47. The number of piperidine rings is 1. The zero-order valence-electron chi connectivity index (χ0n) is 45.7. The third kappa shape index (κ3) is 19.3. The number of benzene rings is 1. The van der Waals surface area contributed by atoms with Crippen LogP contribution in [0.3, 0.4) is 0 Å². The van der Waals surface area contributed by atoms with Crippen molar-refractivity contribution >= 4 is 41.4 Å². The summed E-state index contributed by atoms with van der Waals surface area (Å²) in [6, 6.07) is -4.45.